The summed E-state index contributed by atoms with van der Waals surface area (Å²) in [5, 5.41) is 16.6. The van der Waals surface area contributed by atoms with E-state index in [1.165, 1.54) is 0 Å². The van der Waals surface area contributed by atoms with Gasteiger partial charge in [0.1, 0.15) is 17.3 Å². The average Bonchev–Trinajstić information content (AvgIpc) is 3.44. The summed E-state index contributed by atoms with van der Waals surface area (Å²) in [7, 11) is 1.67. The molecule has 1 fully saturated rings. The van der Waals surface area contributed by atoms with Crippen LogP contribution in [0.4, 0.5) is 5.82 Å². The molecule has 5 rings (SSSR count). The number of fused-ring (bicyclic) bond motifs is 1. The number of anilines is 1. The summed E-state index contributed by atoms with van der Waals surface area (Å²) in [4.78, 5) is 4.66. The van der Waals surface area contributed by atoms with E-state index in [1.54, 1.807) is 13.3 Å². The fourth-order valence-electron chi connectivity index (χ4n) is 3.88. The van der Waals surface area contributed by atoms with Crippen molar-refractivity contribution in [1.82, 2.24) is 25.0 Å². The number of ether oxygens (including phenoxy) is 2. The van der Waals surface area contributed by atoms with Gasteiger partial charge in [0.2, 0.25) is 0 Å². The molecule has 2 N–H and O–H groups in total. The highest BCUT2D eigenvalue weighted by Gasteiger charge is 2.21. The summed E-state index contributed by atoms with van der Waals surface area (Å²) in [6, 6.07) is 10.4. The Labute approximate surface area is 174 Å². The molecule has 0 spiro atoms. The number of rotatable bonds is 6. The van der Waals surface area contributed by atoms with Gasteiger partial charge in [0.15, 0.2) is 0 Å². The molecular weight excluding hydrogens is 380 g/mol. The maximum absolute atomic E-state index is 5.50. The fraction of sp³-hybridized carbons (Fsp3) is 0.318. The van der Waals surface area contributed by atoms with Crippen molar-refractivity contribution in [3.8, 4) is 17.0 Å². The van der Waals surface area contributed by atoms with E-state index in [0.717, 1.165) is 65.3 Å². The van der Waals surface area contributed by atoms with E-state index in [0.29, 0.717) is 12.6 Å². The Morgan fingerprint density at radius 2 is 2.03 bits per heavy atom. The smallest absolute Gasteiger partial charge is 0.137 e. The summed E-state index contributed by atoms with van der Waals surface area (Å²) in [6.07, 6.45) is 7.45. The second-order valence-corrected chi connectivity index (χ2v) is 7.43. The predicted octanol–water partition coefficient (Wildman–Crippen LogP) is 3.47. The standard InChI is InChI=1S/C22H24N6O2/c1-29-18-4-2-15(3-5-18)14-28-19-6-9-23-22(26-17-7-10-30-11-8-17)20(19)21(27-28)16-12-24-25-13-16/h2-6,9,12-13,17H,7-8,10-11,14H2,1H3,(H,23,26)(H,24,25). The van der Waals surface area contributed by atoms with Gasteiger partial charge in [-0.2, -0.15) is 10.2 Å². The third-order valence-electron chi connectivity index (χ3n) is 5.49. The lowest BCUT2D eigenvalue weighted by Gasteiger charge is -2.24. The zero-order valence-corrected chi connectivity index (χ0v) is 16.8. The first-order valence-electron chi connectivity index (χ1n) is 10.1. The van der Waals surface area contributed by atoms with E-state index in [1.807, 2.05) is 35.3 Å². The summed E-state index contributed by atoms with van der Waals surface area (Å²) < 4.78 is 12.8. The third-order valence-corrected chi connectivity index (χ3v) is 5.49. The van der Waals surface area contributed by atoms with Gasteiger partial charge < -0.3 is 14.8 Å². The van der Waals surface area contributed by atoms with Gasteiger partial charge in [-0.3, -0.25) is 9.78 Å². The molecule has 8 heteroatoms. The predicted molar refractivity (Wildman–Crippen MR) is 115 cm³/mol. The van der Waals surface area contributed by atoms with Crippen molar-refractivity contribution in [1.29, 1.82) is 0 Å². The van der Waals surface area contributed by atoms with Gasteiger partial charge in [-0.05, 0) is 36.6 Å². The van der Waals surface area contributed by atoms with Crippen LogP contribution in [0.25, 0.3) is 22.2 Å². The van der Waals surface area contributed by atoms with E-state index in [2.05, 4.69) is 32.6 Å². The van der Waals surface area contributed by atoms with Crippen LogP contribution in [0, 0.1) is 0 Å². The van der Waals surface area contributed by atoms with E-state index in [9.17, 15) is 0 Å². The highest BCUT2D eigenvalue weighted by Crippen LogP contribution is 2.33. The van der Waals surface area contributed by atoms with Crippen molar-refractivity contribution in [2.45, 2.75) is 25.4 Å². The van der Waals surface area contributed by atoms with Gasteiger partial charge in [-0.25, -0.2) is 4.98 Å². The van der Waals surface area contributed by atoms with E-state index < -0.39 is 0 Å². The summed E-state index contributed by atoms with van der Waals surface area (Å²) in [5.41, 5.74) is 3.99. The number of hydrogen-bond donors (Lipinski definition) is 2. The van der Waals surface area contributed by atoms with Crippen LogP contribution in [0.5, 0.6) is 5.75 Å². The highest BCUT2D eigenvalue weighted by molar-refractivity contribution is 6.00. The topological polar surface area (TPSA) is 89.9 Å². The third kappa shape index (κ3) is 3.61. The Morgan fingerprint density at radius 1 is 1.20 bits per heavy atom. The lowest BCUT2D eigenvalue weighted by Crippen LogP contribution is -2.28. The molecule has 1 aliphatic rings. The molecule has 0 bridgehead atoms. The Morgan fingerprint density at radius 3 is 2.77 bits per heavy atom. The van der Waals surface area contributed by atoms with Crippen LogP contribution in [-0.4, -0.2) is 51.3 Å². The van der Waals surface area contributed by atoms with Gasteiger partial charge >= 0.3 is 0 Å². The normalized spacial score (nSPS) is 14.8. The molecule has 8 nitrogen and oxygen atoms in total. The number of pyridine rings is 1. The first-order valence-corrected chi connectivity index (χ1v) is 10.1. The van der Waals surface area contributed by atoms with Gasteiger partial charge in [0.25, 0.3) is 0 Å². The van der Waals surface area contributed by atoms with Crippen LogP contribution in [-0.2, 0) is 11.3 Å². The molecule has 0 radical (unpaired) electrons. The molecule has 0 aliphatic carbocycles. The van der Waals surface area contributed by atoms with Crippen molar-refractivity contribution in [3.05, 3.63) is 54.5 Å². The Hall–Kier alpha value is -3.39. The molecule has 30 heavy (non-hydrogen) atoms. The van der Waals surface area contributed by atoms with Gasteiger partial charge in [0, 0.05) is 37.2 Å². The minimum atomic E-state index is 0.346. The zero-order chi connectivity index (χ0) is 20.3. The molecule has 1 aliphatic heterocycles. The molecule has 1 aromatic carbocycles. The molecule has 3 aromatic heterocycles. The van der Waals surface area contributed by atoms with Crippen molar-refractivity contribution in [2.75, 3.05) is 25.6 Å². The van der Waals surface area contributed by atoms with E-state index in [-0.39, 0.29) is 0 Å². The fourth-order valence-corrected chi connectivity index (χ4v) is 3.88. The number of aromatic amines is 1. The summed E-state index contributed by atoms with van der Waals surface area (Å²) >= 11 is 0. The maximum atomic E-state index is 5.50. The number of nitrogens with zero attached hydrogens (tertiary/aromatic N) is 4. The van der Waals surface area contributed by atoms with Crippen molar-refractivity contribution < 1.29 is 9.47 Å². The van der Waals surface area contributed by atoms with Crippen molar-refractivity contribution in [2.24, 2.45) is 0 Å². The van der Waals surface area contributed by atoms with Crippen LogP contribution in [0.15, 0.2) is 48.9 Å². The molecule has 154 valence electrons. The minimum Gasteiger partial charge on any atom is -0.497 e. The number of aromatic nitrogens is 5. The van der Waals surface area contributed by atoms with Crippen LogP contribution >= 0.6 is 0 Å². The molecule has 0 atom stereocenters. The second-order valence-electron chi connectivity index (χ2n) is 7.43. The minimum absolute atomic E-state index is 0.346. The second kappa shape index (κ2) is 8.16. The first-order chi connectivity index (χ1) is 14.8. The Kier molecular flexibility index (Phi) is 5.06. The van der Waals surface area contributed by atoms with Gasteiger partial charge in [0.05, 0.1) is 30.8 Å². The Bertz CT molecular complexity index is 1110. The monoisotopic (exact) mass is 404 g/mol. The molecule has 0 amide bonds. The van der Waals surface area contributed by atoms with Crippen LogP contribution < -0.4 is 10.1 Å². The van der Waals surface area contributed by atoms with Crippen LogP contribution in [0.1, 0.15) is 18.4 Å². The Balaban J connectivity index is 1.56. The lowest BCUT2D eigenvalue weighted by atomic mass is 10.1. The zero-order valence-electron chi connectivity index (χ0n) is 16.8. The largest absolute Gasteiger partial charge is 0.497 e. The summed E-state index contributed by atoms with van der Waals surface area (Å²) in [6.45, 7) is 2.21. The molecular formula is C22H24N6O2. The molecule has 4 heterocycles. The molecule has 0 saturated carbocycles. The lowest BCUT2D eigenvalue weighted by molar-refractivity contribution is 0.0904. The molecule has 4 aromatic rings. The van der Waals surface area contributed by atoms with E-state index >= 15 is 0 Å². The van der Waals surface area contributed by atoms with Crippen LogP contribution in [0.3, 0.4) is 0 Å². The number of H-pyrrole nitrogens is 1. The van der Waals surface area contributed by atoms with Gasteiger partial charge in [-0.1, -0.05) is 12.1 Å². The number of hydrogen-bond acceptors (Lipinski definition) is 6. The number of benzene rings is 1. The van der Waals surface area contributed by atoms with Crippen LogP contribution in [0.2, 0.25) is 0 Å². The number of nitrogens with one attached hydrogen (secondary N) is 2. The summed E-state index contributed by atoms with van der Waals surface area (Å²) in [5.74, 6) is 1.70. The molecule has 1 saturated heterocycles. The SMILES string of the molecule is COc1ccc(Cn2nc(-c3cn[nH]c3)c3c(NC4CCOCC4)nccc32)cc1. The maximum Gasteiger partial charge on any atom is 0.137 e. The number of methoxy groups -OCH3 is 1. The molecule has 0 unspecified atom stereocenters. The average molecular weight is 404 g/mol. The van der Waals surface area contributed by atoms with E-state index in [4.69, 9.17) is 14.6 Å². The quantitative estimate of drug-likeness (QED) is 0.511. The first kappa shape index (κ1) is 18.6. The van der Waals surface area contributed by atoms with Gasteiger partial charge in [-0.15, -0.1) is 0 Å². The van der Waals surface area contributed by atoms with Crippen molar-refractivity contribution >= 4 is 16.7 Å². The highest BCUT2D eigenvalue weighted by atomic mass is 16.5. The van der Waals surface area contributed by atoms with Crippen molar-refractivity contribution in [3.63, 3.8) is 0 Å².